The molecule has 0 fully saturated rings. The normalized spacial score (nSPS) is 26.0. The van der Waals surface area contributed by atoms with Gasteiger partial charge >= 0.3 is 23.9 Å². The largest absolute Gasteiger partial charge is 0.389 e. The van der Waals surface area contributed by atoms with Gasteiger partial charge in [-0.2, -0.15) is 0 Å². The van der Waals surface area contributed by atoms with Crippen LogP contribution in [0.4, 0.5) is 0 Å². The lowest BCUT2D eigenvalue weighted by Crippen LogP contribution is -2.36. The highest BCUT2D eigenvalue weighted by Crippen LogP contribution is 2.43. The van der Waals surface area contributed by atoms with Crippen molar-refractivity contribution in [1.29, 1.82) is 0 Å². The Hall–Kier alpha value is -2.76. The van der Waals surface area contributed by atoms with E-state index in [4.69, 9.17) is 0 Å². The average Bonchev–Trinajstić information content (AvgIpc) is 2.42. The highest BCUT2D eigenvalue weighted by Gasteiger charge is 2.45. The lowest BCUT2D eigenvalue weighted by Gasteiger charge is -2.32. The lowest BCUT2D eigenvalue weighted by molar-refractivity contribution is -0.141. The van der Waals surface area contributed by atoms with Crippen LogP contribution < -0.4 is 0 Å². The van der Waals surface area contributed by atoms with Crippen LogP contribution in [0, 0.1) is 0 Å². The third kappa shape index (κ3) is 1.18. The predicted octanol–water partition coefficient (Wildman–Crippen LogP) is 0.818. The Kier molecular flexibility index (Phi) is 1.89. The summed E-state index contributed by atoms with van der Waals surface area (Å²) in [4.78, 5) is 47.1. The first-order chi connectivity index (χ1) is 9.58. The van der Waals surface area contributed by atoms with E-state index in [-0.39, 0.29) is 11.1 Å². The number of hydrogen-bond donors (Lipinski definition) is 0. The van der Waals surface area contributed by atoms with E-state index in [9.17, 15) is 19.2 Å². The van der Waals surface area contributed by atoms with Gasteiger partial charge in [-0.3, -0.25) is 9.59 Å². The summed E-state index contributed by atoms with van der Waals surface area (Å²) in [5, 5.41) is 0. The summed E-state index contributed by atoms with van der Waals surface area (Å²) in [5.41, 5.74) is 1.21. The quantitative estimate of drug-likeness (QED) is 0.394. The van der Waals surface area contributed by atoms with Crippen molar-refractivity contribution in [3.8, 4) is 0 Å². The second-order valence-electron chi connectivity index (χ2n) is 4.75. The molecule has 0 saturated heterocycles. The van der Waals surface area contributed by atoms with Gasteiger partial charge in [-0.1, -0.05) is 12.2 Å². The van der Waals surface area contributed by atoms with Crippen LogP contribution >= 0.6 is 0 Å². The molecule has 4 rings (SSSR count). The van der Waals surface area contributed by atoms with Crippen LogP contribution in [0.5, 0.6) is 0 Å². The van der Waals surface area contributed by atoms with Crippen LogP contribution in [-0.2, 0) is 19.1 Å². The summed E-state index contributed by atoms with van der Waals surface area (Å²) in [6.45, 7) is 0. The summed E-state index contributed by atoms with van der Waals surface area (Å²) < 4.78 is 9.31. The van der Waals surface area contributed by atoms with Crippen LogP contribution in [0.2, 0.25) is 0 Å². The van der Waals surface area contributed by atoms with Gasteiger partial charge < -0.3 is 9.47 Å². The Balaban J connectivity index is 2.11. The van der Waals surface area contributed by atoms with Crippen molar-refractivity contribution in [2.45, 2.75) is 11.8 Å². The fourth-order valence-corrected chi connectivity index (χ4v) is 2.89. The highest BCUT2D eigenvalue weighted by molar-refractivity contribution is 6.11. The molecule has 0 spiro atoms. The molecule has 0 amide bonds. The van der Waals surface area contributed by atoms with E-state index in [1.807, 2.05) is 0 Å². The molecule has 20 heavy (non-hydrogen) atoms. The Bertz CT molecular complexity index is 694. The summed E-state index contributed by atoms with van der Waals surface area (Å²) in [6.07, 6.45) is 3.01. The van der Waals surface area contributed by atoms with Gasteiger partial charge in [0.15, 0.2) is 0 Å². The maximum absolute atomic E-state index is 11.8. The van der Waals surface area contributed by atoms with E-state index >= 15 is 0 Å². The van der Waals surface area contributed by atoms with Crippen molar-refractivity contribution in [3.63, 3.8) is 0 Å². The third-order valence-corrected chi connectivity index (χ3v) is 3.74. The lowest BCUT2D eigenvalue weighted by atomic mass is 9.75. The van der Waals surface area contributed by atoms with E-state index in [1.54, 1.807) is 0 Å². The standard InChI is InChI=1S/C14H6O6/c15-11-5-1-2-6-10-8(14(18)20-12(6)16)4-3-7(9(5)10)13(17)19-11/h1-6H. The number of cyclic esters (lactones) is 4. The molecule has 0 saturated carbocycles. The van der Waals surface area contributed by atoms with Gasteiger partial charge in [0.05, 0.1) is 11.1 Å². The first-order valence-electron chi connectivity index (χ1n) is 5.95. The number of hydrogen-bond acceptors (Lipinski definition) is 6. The van der Waals surface area contributed by atoms with Crippen LogP contribution in [0.3, 0.4) is 0 Å². The van der Waals surface area contributed by atoms with Crippen LogP contribution in [0.15, 0.2) is 24.3 Å². The maximum atomic E-state index is 11.8. The highest BCUT2D eigenvalue weighted by atomic mass is 16.6. The molecule has 2 atom stereocenters. The fourth-order valence-electron chi connectivity index (χ4n) is 2.89. The average molecular weight is 270 g/mol. The van der Waals surface area contributed by atoms with Gasteiger partial charge in [0.2, 0.25) is 0 Å². The second kappa shape index (κ2) is 3.41. The Labute approximate surface area is 112 Å². The molecule has 0 N–H and O–H groups in total. The van der Waals surface area contributed by atoms with Crippen LogP contribution in [0.25, 0.3) is 0 Å². The molecule has 6 nitrogen and oxygen atoms in total. The zero-order valence-electron chi connectivity index (χ0n) is 9.91. The zero-order chi connectivity index (χ0) is 14.0. The summed E-state index contributed by atoms with van der Waals surface area (Å²) in [5.74, 6) is -4.43. The van der Waals surface area contributed by atoms with E-state index in [0.29, 0.717) is 11.1 Å². The zero-order valence-corrected chi connectivity index (χ0v) is 9.91. The van der Waals surface area contributed by atoms with Crippen molar-refractivity contribution in [2.75, 3.05) is 0 Å². The number of carbonyl (C=O) groups is 4. The van der Waals surface area contributed by atoms with Gasteiger partial charge in [0.1, 0.15) is 11.8 Å². The molecule has 0 aromatic heterocycles. The number of ether oxygens (including phenoxy) is 2. The summed E-state index contributed by atoms with van der Waals surface area (Å²) in [6, 6.07) is 2.84. The van der Waals surface area contributed by atoms with Crippen molar-refractivity contribution in [3.05, 3.63) is 46.5 Å². The van der Waals surface area contributed by atoms with Crippen LogP contribution in [-0.4, -0.2) is 23.9 Å². The molecule has 1 aromatic carbocycles. The van der Waals surface area contributed by atoms with E-state index in [2.05, 4.69) is 9.47 Å². The fraction of sp³-hybridized carbons (Fsp3) is 0.143. The van der Waals surface area contributed by atoms with Gasteiger partial charge in [0.25, 0.3) is 0 Å². The Morgan fingerprint density at radius 3 is 1.50 bits per heavy atom. The minimum Gasteiger partial charge on any atom is -0.389 e. The molecule has 2 aliphatic heterocycles. The SMILES string of the molecule is O=C1OC(=O)C2C=CC3C(=O)OC(=O)c4ccc1c2c43. The predicted molar refractivity (Wildman–Crippen MR) is 61.9 cm³/mol. The first-order valence-corrected chi connectivity index (χ1v) is 5.95. The first kappa shape index (κ1) is 11.1. The molecule has 1 aromatic rings. The molecule has 0 bridgehead atoms. The number of rotatable bonds is 0. The number of carbonyl (C=O) groups excluding carboxylic acids is 4. The molecule has 98 valence electrons. The summed E-state index contributed by atoms with van der Waals surface area (Å²) in [7, 11) is 0. The number of benzene rings is 1. The second-order valence-corrected chi connectivity index (χ2v) is 4.75. The van der Waals surface area contributed by atoms with Gasteiger partial charge in [0, 0.05) is 0 Å². The molecule has 3 aliphatic rings. The van der Waals surface area contributed by atoms with Gasteiger partial charge in [-0.05, 0) is 23.3 Å². The monoisotopic (exact) mass is 270 g/mol. The molecule has 2 unspecified atom stereocenters. The number of esters is 4. The van der Waals surface area contributed by atoms with E-state index in [1.165, 1.54) is 24.3 Å². The smallest absolute Gasteiger partial charge is 0.346 e. The molecule has 2 heterocycles. The maximum Gasteiger partial charge on any atom is 0.346 e. The molecule has 1 aliphatic carbocycles. The van der Waals surface area contributed by atoms with Crippen molar-refractivity contribution in [1.82, 2.24) is 0 Å². The minimum atomic E-state index is -0.760. The Morgan fingerprint density at radius 1 is 0.700 bits per heavy atom. The van der Waals surface area contributed by atoms with Gasteiger partial charge in [-0.15, -0.1) is 0 Å². The van der Waals surface area contributed by atoms with Crippen molar-refractivity contribution >= 4 is 23.9 Å². The van der Waals surface area contributed by atoms with Crippen molar-refractivity contribution < 1.29 is 28.7 Å². The summed E-state index contributed by atoms with van der Waals surface area (Å²) >= 11 is 0. The molecular weight excluding hydrogens is 264 g/mol. The minimum absolute atomic E-state index is 0.213. The van der Waals surface area contributed by atoms with E-state index < -0.39 is 35.7 Å². The van der Waals surface area contributed by atoms with E-state index in [0.717, 1.165) is 0 Å². The third-order valence-electron chi connectivity index (χ3n) is 3.74. The van der Waals surface area contributed by atoms with Crippen molar-refractivity contribution in [2.24, 2.45) is 0 Å². The van der Waals surface area contributed by atoms with Gasteiger partial charge in [-0.25, -0.2) is 9.59 Å². The molecular formula is C14H6O6. The Morgan fingerprint density at radius 2 is 1.10 bits per heavy atom. The topological polar surface area (TPSA) is 86.7 Å². The molecule has 6 heteroatoms. The van der Waals surface area contributed by atoms with Crippen LogP contribution in [0.1, 0.15) is 43.7 Å². The molecule has 0 radical (unpaired) electrons.